The van der Waals surface area contributed by atoms with Gasteiger partial charge < -0.3 is 15.8 Å². The lowest BCUT2D eigenvalue weighted by Gasteiger charge is -2.18. The number of hydrogen-bond donors (Lipinski definition) is 3. The Bertz CT molecular complexity index is 986. The number of amides is 1. The molecule has 0 saturated heterocycles. The normalized spacial score (nSPS) is 11.3. The van der Waals surface area contributed by atoms with Crippen molar-refractivity contribution in [1.82, 2.24) is 10.2 Å². The van der Waals surface area contributed by atoms with Crippen molar-refractivity contribution in [2.75, 3.05) is 11.1 Å². The van der Waals surface area contributed by atoms with E-state index in [0.29, 0.717) is 27.8 Å². The van der Waals surface area contributed by atoms with E-state index in [1.165, 1.54) is 0 Å². The van der Waals surface area contributed by atoms with Gasteiger partial charge in [0.1, 0.15) is 5.60 Å². The first-order chi connectivity index (χ1) is 12.2. The summed E-state index contributed by atoms with van der Waals surface area (Å²) in [5.41, 5.74) is 7.40. The molecule has 0 radical (unpaired) electrons. The van der Waals surface area contributed by atoms with Crippen LogP contribution in [0.3, 0.4) is 0 Å². The lowest BCUT2D eigenvalue weighted by molar-refractivity contribution is 0.00649. The van der Waals surface area contributed by atoms with E-state index in [4.69, 9.17) is 10.5 Å². The monoisotopic (exact) mass is 352 g/mol. The average Bonchev–Trinajstić information content (AvgIpc) is 2.97. The van der Waals surface area contributed by atoms with E-state index in [0.717, 1.165) is 0 Å². The number of ether oxygens (including phenoxy) is 1. The minimum Gasteiger partial charge on any atom is -0.455 e. The third-order valence-corrected chi connectivity index (χ3v) is 3.62. The summed E-state index contributed by atoms with van der Waals surface area (Å²) < 4.78 is 5.35. The molecule has 0 aliphatic heterocycles. The molecule has 0 saturated carbocycles. The predicted octanol–water partition coefficient (Wildman–Crippen LogP) is 3.35. The zero-order valence-electron chi connectivity index (χ0n) is 14.8. The fourth-order valence-corrected chi connectivity index (χ4v) is 2.48. The zero-order chi connectivity index (χ0) is 18.9. The van der Waals surface area contributed by atoms with Crippen molar-refractivity contribution in [2.45, 2.75) is 26.4 Å². The fourth-order valence-electron chi connectivity index (χ4n) is 2.48. The number of H-pyrrole nitrogens is 1. The first kappa shape index (κ1) is 17.5. The molecule has 134 valence electrons. The summed E-state index contributed by atoms with van der Waals surface area (Å²) in [6.07, 6.45) is 0. The Hall–Kier alpha value is -3.35. The van der Waals surface area contributed by atoms with Crippen LogP contribution < -0.4 is 11.1 Å². The first-order valence-electron chi connectivity index (χ1n) is 8.12. The molecule has 1 aromatic heterocycles. The molecule has 0 atom stereocenters. The number of rotatable bonds is 3. The van der Waals surface area contributed by atoms with Crippen LogP contribution in [0.15, 0.2) is 42.5 Å². The van der Waals surface area contributed by atoms with Gasteiger partial charge in [-0.05, 0) is 51.1 Å². The summed E-state index contributed by atoms with van der Waals surface area (Å²) >= 11 is 0. The molecule has 1 heterocycles. The molecule has 0 aliphatic rings. The maximum Gasteiger partial charge on any atom is 0.360 e. The number of hydrogen-bond acceptors (Lipinski definition) is 5. The Balaban J connectivity index is 1.84. The van der Waals surface area contributed by atoms with E-state index in [-0.39, 0.29) is 11.6 Å². The summed E-state index contributed by atoms with van der Waals surface area (Å²) in [5, 5.41) is 10.2. The van der Waals surface area contributed by atoms with Gasteiger partial charge in [-0.25, -0.2) is 4.79 Å². The van der Waals surface area contributed by atoms with E-state index in [1.807, 2.05) is 0 Å². The molecule has 3 rings (SSSR count). The fraction of sp³-hybridized carbons (Fsp3) is 0.211. The standard InChI is InChI=1S/C19H20N4O3/c1-19(2,3)26-18(25)16-13-9-8-11(10-15(13)22-23-16)21-17(24)12-6-4-5-7-14(12)20/h4-10H,20H2,1-3H3,(H,21,24)(H,22,23). The second-order valence-corrected chi connectivity index (χ2v) is 6.88. The Morgan fingerprint density at radius 3 is 2.58 bits per heavy atom. The highest BCUT2D eigenvalue weighted by molar-refractivity contribution is 6.09. The zero-order valence-corrected chi connectivity index (χ0v) is 14.8. The molecule has 7 nitrogen and oxygen atoms in total. The van der Waals surface area contributed by atoms with Crippen LogP contribution in [0.5, 0.6) is 0 Å². The number of carbonyl (C=O) groups is 2. The van der Waals surface area contributed by atoms with Gasteiger partial charge in [0.2, 0.25) is 0 Å². The number of para-hydroxylation sites is 1. The van der Waals surface area contributed by atoms with E-state index < -0.39 is 11.6 Å². The van der Waals surface area contributed by atoms with Gasteiger partial charge in [-0.1, -0.05) is 12.1 Å². The Morgan fingerprint density at radius 1 is 1.15 bits per heavy atom. The molecule has 3 aromatic rings. The van der Waals surface area contributed by atoms with Crippen LogP contribution in [0.2, 0.25) is 0 Å². The SMILES string of the molecule is CC(C)(C)OC(=O)c1n[nH]c2cc(NC(=O)c3ccccc3N)ccc12. The minimum atomic E-state index is -0.605. The lowest BCUT2D eigenvalue weighted by Crippen LogP contribution is -2.24. The van der Waals surface area contributed by atoms with Crippen molar-refractivity contribution in [3.8, 4) is 0 Å². The number of aromatic nitrogens is 2. The predicted molar refractivity (Wildman–Crippen MR) is 100 cm³/mol. The maximum atomic E-state index is 12.4. The number of esters is 1. The van der Waals surface area contributed by atoms with Gasteiger partial charge in [0, 0.05) is 16.8 Å². The molecule has 4 N–H and O–H groups in total. The number of nitrogens with zero attached hydrogens (tertiary/aromatic N) is 1. The summed E-state index contributed by atoms with van der Waals surface area (Å²) in [6, 6.07) is 11.9. The second-order valence-electron chi connectivity index (χ2n) is 6.88. The molecule has 26 heavy (non-hydrogen) atoms. The molecule has 0 aliphatic carbocycles. The van der Waals surface area contributed by atoms with Crippen molar-refractivity contribution in [3.63, 3.8) is 0 Å². The molecule has 0 fully saturated rings. The number of carbonyl (C=O) groups excluding carboxylic acids is 2. The lowest BCUT2D eigenvalue weighted by atomic mass is 10.1. The second kappa shape index (κ2) is 6.51. The van der Waals surface area contributed by atoms with Gasteiger partial charge in [-0.3, -0.25) is 9.89 Å². The number of nitrogens with one attached hydrogen (secondary N) is 2. The average molecular weight is 352 g/mol. The van der Waals surface area contributed by atoms with E-state index >= 15 is 0 Å². The molecule has 0 bridgehead atoms. The van der Waals surface area contributed by atoms with Gasteiger partial charge in [0.05, 0.1) is 11.1 Å². The van der Waals surface area contributed by atoms with E-state index in [1.54, 1.807) is 63.2 Å². The van der Waals surface area contributed by atoms with Crippen LogP contribution in [-0.2, 0) is 4.74 Å². The van der Waals surface area contributed by atoms with Crippen molar-refractivity contribution < 1.29 is 14.3 Å². The van der Waals surface area contributed by atoms with Gasteiger partial charge in [-0.2, -0.15) is 5.10 Å². The quantitative estimate of drug-likeness (QED) is 0.494. The van der Waals surface area contributed by atoms with Gasteiger partial charge in [-0.15, -0.1) is 0 Å². The maximum absolute atomic E-state index is 12.4. The third-order valence-electron chi connectivity index (χ3n) is 3.62. The van der Waals surface area contributed by atoms with Crippen LogP contribution in [0.1, 0.15) is 41.6 Å². The largest absolute Gasteiger partial charge is 0.455 e. The number of nitrogen functional groups attached to an aromatic ring is 1. The van der Waals surface area contributed by atoms with Crippen LogP contribution >= 0.6 is 0 Å². The summed E-state index contributed by atoms with van der Waals surface area (Å²) in [4.78, 5) is 24.6. The highest BCUT2D eigenvalue weighted by Gasteiger charge is 2.22. The Morgan fingerprint density at radius 2 is 1.88 bits per heavy atom. The Labute approximate surface area is 150 Å². The topological polar surface area (TPSA) is 110 Å². The van der Waals surface area contributed by atoms with E-state index in [9.17, 15) is 9.59 Å². The Kier molecular flexibility index (Phi) is 4.38. The number of anilines is 2. The van der Waals surface area contributed by atoms with Gasteiger partial charge in [0.25, 0.3) is 5.91 Å². The van der Waals surface area contributed by atoms with Crippen molar-refractivity contribution in [3.05, 3.63) is 53.7 Å². The van der Waals surface area contributed by atoms with Crippen molar-refractivity contribution in [2.24, 2.45) is 0 Å². The number of aromatic amines is 1. The summed E-state index contributed by atoms with van der Waals surface area (Å²) in [6.45, 7) is 5.38. The first-order valence-corrected chi connectivity index (χ1v) is 8.12. The number of benzene rings is 2. The number of fused-ring (bicyclic) bond motifs is 1. The summed E-state index contributed by atoms with van der Waals surface area (Å²) in [7, 11) is 0. The van der Waals surface area contributed by atoms with Gasteiger partial charge >= 0.3 is 5.97 Å². The minimum absolute atomic E-state index is 0.208. The molecule has 0 spiro atoms. The van der Waals surface area contributed by atoms with E-state index in [2.05, 4.69) is 15.5 Å². The molecule has 1 amide bonds. The van der Waals surface area contributed by atoms with Crippen molar-refractivity contribution >= 4 is 34.2 Å². The smallest absolute Gasteiger partial charge is 0.360 e. The van der Waals surface area contributed by atoms with Crippen LogP contribution in [0.4, 0.5) is 11.4 Å². The molecule has 7 heteroatoms. The van der Waals surface area contributed by atoms with Crippen LogP contribution in [0.25, 0.3) is 10.9 Å². The molecular weight excluding hydrogens is 332 g/mol. The highest BCUT2D eigenvalue weighted by atomic mass is 16.6. The third kappa shape index (κ3) is 3.66. The molecular formula is C19H20N4O3. The molecule has 0 unspecified atom stereocenters. The van der Waals surface area contributed by atoms with Crippen LogP contribution in [0, 0.1) is 0 Å². The van der Waals surface area contributed by atoms with Crippen LogP contribution in [-0.4, -0.2) is 27.7 Å². The number of nitrogens with two attached hydrogens (primary N) is 1. The highest BCUT2D eigenvalue weighted by Crippen LogP contribution is 2.23. The van der Waals surface area contributed by atoms with Crippen molar-refractivity contribution in [1.29, 1.82) is 0 Å². The summed E-state index contributed by atoms with van der Waals surface area (Å²) in [5.74, 6) is -0.813. The van der Waals surface area contributed by atoms with Gasteiger partial charge in [0.15, 0.2) is 5.69 Å². The molecule has 2 aromatic carbocycles.